The van der Waals surface area contributed by atoms with Gasteiger partial charge in [0.25, 0.3) is 6.47 Å². The molecule has 0 spiro atoms. The molecule has 0 unspecified atom stereocenters. The van der Waals surface area contributed by atoms with Gasteiger partial charge in [-0.25, -0.2) is 16.8 Å². The van der Waals surface area contributed by atoms with E-state index in [1.807, 2.05) is 6.92 Å². The summed E-state index contributed by atoms with van der Waals surface area (Å²) in [5.41, 5.74) is 7.19. The van der Waals surface area contributed by atoms with Gasteiger partial charge in [0.1, 0.15) is 11.5 Å². The van der Waals surface area contributed by atoms with Crippen molar-refractivity contribution in [3.8, 4) is 11.5 Å². The summed E-state index contributed by atoms with van der Waals surface area (Å²) >= 11 is 0. The molecular weight excluding hydrogens is 724 g/mol. The lowest BCUT2D eigenvalue weighted by Crippen LogP contribution is -2.38. The Labute approximate surface area is 299 Å². The fourth-order valence-corrected chi connectivity index (χ4v) is 6.90. The molecular formula is C30H47ClN4O13S2. The molecule has 50 heavy (non-hydrogen) atoms. The average Bonchev–Trinajstić information content (AvgIpc) is 3.00. The van der Waals surface area contributed by atoms with Crippen molar-refractivity contribution >= 4 is 57.1 Å². The van der Waals surface area contributed by atoms with Crippen molar-refractivity contribution < 1.29 is 59.8 Å². The van der Waals surface area contributed by atoms with Gasteiger partial charge in [-0.05, 0) is 87.7 Å². The van der Waals surface area contributed by atoms with E-state index in [1.165, 1.54) is 28.3 Å². The fourth-order valence-electron chi connectivity index (χ4n) is 3.93. The van der Waals surface area contributed by atoms with Crippen LogP contribution in [-0.2, 0) is 53.6 Å². The third kappa shape index (κ3) is 18.0. The summed E-state index contributed by atoms with van der Waals surface area (Å²) in [4.78, 5) is 54.6. The monoisotopic (exact) mass is 770 g/mol. The number of sulfonamides is 2. The summed E-state index contributed by atoms with van der Waals surface area (Å²) in [6.45, 7) is 11.4. The maximum atomic E-state index is 12.6. The van der Waals surface area contributed by atoms with E-state index in [2.05, 4.69) is 10.1 Å². The van der Waals surface area contributed by atoms with Crippen molar-refractivity contribution in [2.24, 2.45) is 5.73 Å². The lowest BCUT2D eigenvalue weighted by atomic mass is 10.1. The van der Waals surface area contributed by atoms with Gasteiger partial charge >= 0.3 is 12.3 Å². The first-order valence-electron chi connectivity index (χ1n) is 14.1. The Morgan fingerprint density at radius 3 is 1.34 bits per heavy atom. The van der Waals surface area contributed by atoms with Crippen molar-refractivity contribution in [2.45, 2.75) is 51.3 Å². The molecule has 3 N–H and O–H groups in total. The quantitative estimate of drug-likeness (QED) is 0.229. The van der Waals surface area contributed by atoms with E-state index in [0.717, 1.165) is 15.2 Å². The normalized spacial score (nSPS) is 9.86. The van der Waals surface area contributed by atoms with E-state index in [1.54, 1.807) is 58.9 Å². The largest absolute Gasteiger partial charge is 0.497 e. The molecule has 0 bridgehead atoms. The number of hydrogen-bond donors (Lipinski definition) is 2. The van der Waals surface area contributed by atoms with Crippen LogP contribution >= 0.6 is 12.4 Å². The summed E-state index contributed by atoms with van der Waals surface area (Å²) in [6, 6.07) is 6.63. The van der Waals surface area contributed by atoms with Crippen LogP contribution in [0.15, 0.2) is 34.1 Å². The number of hydrogen-bond acceptors (Lipinski definition) is 14. The summed E-state index contributed by atoms with van der Waals surface area (Å²) in [5, 5.41) is 2.58. The van der Waals surface area contributed by atoms with E-state index in [4.69, 9.17) is 34.4 Å². The van der Waals surface area contributed by atoms with E-state index in [9.17, 15) is 26.4 Å². The molecule has 0 saturated heterocycles. The van der Waals surface area contributed by atoms with Gasteiger partial charge in [0.2, 0.25) is 26.0 Å². The smallest absolute Gasteiger partial charge is 0.373 e. The predicted molar refractivity (Wildman–Crippen MR) is 182 cm³/mol. The number of aryl methyl sites for hydroxylation is 4. The highest BCUT2D eigenvalue weighted by Gasteiger charge is 2.27. The second-order valence-corrected chi connectivity index (χ2v) is 13.4. The summed E-state index contributed by atoms with van der Waals surface area (Å²) in [7, 11) is -1.63. The molecule has 17 nitrogen and oxygen atoms in total. The van der Waals surface area contributed by atoms with Crippen molar-refractivity contribution in [1.29, 1.82) is 0 Å². The van der Waals surface area contributed by atoms with Crippen molar-refractivity contribution in [3.63, 3.8) is 0 Å². The second-order valence-electron chi connectivity index (χ2n) is 9.47. The number of carbonyl (C=O) groups is 2. The molecule has 0 saturated carbocycles. The number of ether oxygens (including phenoxy) is 3. The van der Waals surface area contributed by atoms with Gasteiger partial charge < -0.3 is 25.3 Å². The highest BCUT2D eigenvalue weighted by molar-refractivity contribution is 7.89. The Hall–Kier alpha value is -4.19. The zero-order chi connectivity index (χ0) is 39.0. The molecule has 0 aliphatic rings. The zero-order valence-electron chi connectivity index (χ0n) is 29.7. The fraction of sp³-hybridized carbons (Fsp3) is 0.467. The third-order valence-electron chi connectivity index (χ3n) is 5.74. The van der Waals surface area contributed by atoms with Crippen LogP contribution in [0.25, 0.3) is 0 Å². The molecule has 2 rings (SSSR count). The Morgan fingerprint density at radius 2 is 1.08 bits per heavy atom. The van der Waals surface area contributed by atoms with Crippen LogP contribution in [0.4, 0.5) is 0 Å². The van der Waals surface area contributed by atoms with E-state index < -0.39 is 20.0 Å². The minimum Gasteiger partial charge on any atom is -0.497 e. The number of carbonyl (C=O) groups excluding carboxylic acids is 6. The SMILES string of the molecule is CCN.CCNC(=O)CN(C)S(=O)(=O)c1c(C)cc(OC)cc1C.COc1cc(C)c(S(=O)(=O)N(C)COC=O)c(C)c1.Cl.O=C=O.O=C=O. The maximum Gasteiger partial charge on any atom is 0.373 e. The predicted octanol–water partition coefficient (Wildman–Crippen LogP) is 1.35. The molecule has 284 valence electrons. The van der Waals surface area contributed by atoms with Gasteiger partial charge in [-0.15, -0.1) is 12.4 Å². The molecule has 0 radical (unpaired) electrons. The van der Waals surface area contributed by atoms with Gasteiger partial charge in [0.05, 0.1) is 30.6 Å². The van der Waals surface area contributed by atoms with Crippen LogP contribution in [0.3, 0.4) is 0 Å². The van der Waals surface area contributed by atoms with E-state index in [0.29, 0.717) is 40.3 Å². The van der Waals surface area contributed by atoms with Gasteiger partial charge in [-0.2, -0.15) is 27.8 Å². The van der Waals surface area contributed by atoms with Crippen molar-refractivity contribution in [2.75, 3.05) is 54.7 Å². The molecule has 0 aliphatic heterocycles. The number of methoxy groups -OCH3 is 2. The Balaban J connectivity index is -0.000000337. The summed E-state index contributed by atoms with van der Waals surface area (Å²) < 4.78 is 66.7. The van der Waals surface area contributed by atoms with Gasteiger partial charge in [-0.1, -0.05) is 6.92 Å². The number of amides is 1. The minimum absolute atomic E-state index is 0. The van der Waals surface area contributed by atoms with E-state index >= 15 is 0 Å². The average molecular weight is 771 g/mol. The zero-order valence-corrected chi connectivity index (χ0v) is 32.2. The van der Waals surface area contributed by atoms with Crippen molar-refractivity contribution in [1.82, 2.24) is 13.9 Å². The van der Waals surface area contributed by atoms with Crippen LogP contribution in [-0.4, -0.2) is 105 Å². The molecule has 0 heterocycles. The van der Waals surface area contributed by atoms with Gasteiger partial charge in [-0.3, -0.25) is 9.59 Å². The highest BCUT2D eigenvalue weighted by atomic mass is 35.5. The molecule has 0 aliphatic carbocycles. The third-order valence-corrected chi connectivity index (χ3v) is 9.94. The number of halogens is 1. The number of likely N-dealkylation sites (N-methyl/N-ethyl adjacent to an activating group) is 2. The lowest BCUT2D eigenvalue weighted by molar-refractivity contribution is -0.193. The molecule has 0 aromatic heterocycles. The number of nitrogens with two attached hydrogens (primary N) is 1. The summed E-state index contributed by atoms with van der Waals surface area (Å²) in [6.07, 6.45) is 0.500. The molecule has 0 atom stereocenters. The van der Waals surface area contributed by atoms with Crippen LogP contribution in [0, 0.1) is 27.7 Å². The summed E-state index contributed by atoms with van der Waals surface area (Å²) in [5.74, 6) is 0.878. The van der Waals surface area contributed by atoms with Crippen LogP contribution in [0.5, 0.6) is 11.5 Å². The Bertz CT molecular complexity index is 1570. The first kappa shape index (κ1) is 52.6. The number of nitrogens with one attached hydrogen (secondary N) is 1. The van der Waals surface area contributed by atoms with Crippen LogP contribution < -0.4 is 20.5 Å². The second kappa shape index (κ2) is 27.6. The van der Waals surface area contributed by atoms with Crippen molar-refractivity contribution in [3.05, 3.63) is 46.5 Å². The molecule has 1 amide bonds. The Kier molecular flexibility index (Phi) is 29.1. The van der Waals surface area contributed by atoms with Crippen LogP contribution in [0.1, 0.15) is 36.1 Å². The molecule has 0 fully saturated rings. The lowest BCUT2D eigenvalue weighted by Gasteiger charge is -2.20. The highest BCUT2D eigenvalue weighted by Crippen LogP contribution is 2.28. The van der Waals surface area contributed by atoms with Gasteiger partial charge in [0, 0.05) is 20.6 Å². The number of rotatable bonds is 12. The number of nitrogens with zero attached hydrogens (tertiary/aromatic N) is 2. The number of benzene rings is 2. The van der Waals surface area contributed by atoms with Crippen LogP contribution in [0.2, 0.25) is 0 Å². The first-order valence-corrected chi connectivity index (χ1v) is 16.9. The molecule has 20 heteroatoms. The molecule has 2 aromatic carbocycles. The molecule has 2 aromatic rings. The Morgan fingerprint density at radius 1 is 0.780 bits per heavy atom. The van der Waals surface area contributed by atoms with E-state index in [-0.39, 0.29) is 60.2 Å². The maximum absolute atomic E-state index is 12.6. The standard InChI is InChI=1S/C14H22N2O4S.C12H17NO5S.C2H7N.2CO2.ClH/c1-6-15-13(17)9-16(4)21(18,19)14-10(2)7-12(20-5)8-11(14)3;1-9-5-11(17-4)6-10(2)12(9)19(15,16)13(3)7-18-8-14;1-2-3;2*2-1-3;/h7-8H,6,9H2,1-5H3,(H,15,17);5-6,8H,7H2,1-4H3;2-3H2,1H3;;;1H. The van der Waals surface area contributed by atoms with Gasteiger partial charge in [0.15, 0.2) is 6.73 Å². The first-order chi connectivity index (χ1) is 22.8. The topological polar surface area (TPSA) is 243 Å². The minimum atomic E-state index is -3.72.